The fourth-order valence-electron chi connectivity index (χ4n) is 3.74. The van der Waals surface area contributed by atoms with Crippen LogP contribution in [0.2, 0.25) is 0 Å². The van der Waals surface area contributed by atoms with E-state index in [-0.39, 0.29) is 11.1 Å². The number of fused-ring (bicyclic) bond motifs is 1. The lowest BCUT2D eigenvalue weighted by molar-refractivity contribution is -0.119. The molecule has 0 bridgehead atoms. The number of carbonyl (C=O) groups excluding carboxylic acids is 2. The van der Waals surface area contributed by atoms with E-state index in [2.05, 4.69) is 17.1 Å². The van der Waals surface area contributed by atoms with Crippen molar-refractivity contribution in [3.63, 3.8) is 0 Å². The molecule has 2 heterocycles. The van der Waals surface area contributed by atoms with Gasteiger partial charge in [0.15, 0.2) is 0 Å². The molecule has 144 valence electrons. The summed E-state index contributed by atoms with van der Waals surface area (Å²) in [4.78, 5) is 36.8. The van der Waals surface area contributed by atoms with Crippen molar-refractivity contribution in [2.75, 3.05) is 4.90 Å². The number of carboxylic acid groups (broad SMARTS) is 1. The molecule has 2 N–H and O–H groups in total. The van der Waals surface area contributed by atoms with E-state index >= 15 is 0 Å². The molecule has 2 amide bonds. The summed E-state index contributed by atoms with van der Waals surface area (Å²) in [6, 6.07) is 13.3. The number of aromatic carboxylic acids is 1. The Morgan fingerprint density at radius 1 is 1.21 bits per heavy atom. The van der Waals surface area contributed by atoms with Gasteiger partial charge >= 0.3 is 5.97 Å². The molecule has 2 unspecified atom stereocenters. The third kappa shape index (κ3) is 3.49. The summed E-state index contributed by atoms with van der Waals surface area (Å²) in [7, 11) is 0. The van der Waals surface area contributed by atoms with E-state index in [1.807, 2.05) is 30.3 Å². The zero-order valence-corrected chi connectivity index (χ0v) is 16.2. The molecule has 1 fully saturated rings. The number of nitrogens with one attached hydrogen (secondary N) is 1. The van der Waals surface area contributed by atoms with Crippen LogP contribution in [0, 0.1) is 0 Å². The summed E-state index contributed by atoms with van der Waals surface area (Å²) in [6.45, 7) is 2.80. The molecule has 2 aliphatic heterocycles. The lowest BCUT2D eigenvalue weighted by atomic mass is 9.94. The molecule has 2 aromatic rings. The van der Waals surface area contributed by atoms with Gasteiger partial charge in [0.1, 0.15) is 5.25 Å². The highest BCUT2D eigenvalue weighted by atomic mass is 32.2. The first-order valence-corrected chi connectivity index (χ1v) is 10.0. The van der Waals surface area contributed by atoms with Crippen molar-refractivity contribution >= 4 is 34.6 Å². The van der Waals surface area contributed by atoms with Gasteiger partial charge in [-0.05, 0) is 60.4 Å². The monoisotopic (exact) mass is 396 g/mol. The molecule has 2 aromatic carbocycles. The zero-order valence-electron chi connectivity index (χ0n) is 15.3. The molecule has 28 heavy (non-hydrogen) atoms. The molecule has 4 rings (SSSR count). The quantitative estimate of drug-likeness (QED) is 0.819. The van der Waals surface area contributed by atoms with Gasteiger partial charge in [0.05, 0.1) is 5.56 Å². The van der Waals surface area contributed by atoms with Gasteiger partial charge < -0.3 is 10.0 Å². The highest BCUT2D eigenvalue weighted by Gasteiger charge is 2.32. The Morgan fingerprint density at radius 2 is 1.96 bits per heavy atom. The number of amides is 2. The van der Waals surface area contributed by atoms with Crippen molar-refractivity contribution in [1.29, 1.82) is 0 Å². The highest BCUT2D eigenvalue weighted by molar-refractivity contribution is 8.15. The molecule has 6 nitrogen and oxygen atoms in total. The SMILES string of the molecule is CC1CCc2ccc(C(=O)O)cc2N1Cc1ccc(C2SC(=O)NC2=O)cc1. The zero-order chi connectivity index (χ0) is 19.8. The van der Waals surface area contributed by atoms with Gasteiger partial charge in [-0.3, -0.25) is 14.9 Å². The minimum atomic E-state index is -0.924. The minimum absolute atomic E-state index is 0.275. The first-order valence-electron chi connectivity index (χ1n) is 9.15. The molecular formula is C21H20N2O4S. The Hall–Kier alpha value is -2.80. The van der Waals surface area contributed by atoms with Gasteiger partial charge in [-0.15, -0.1) is 0 Å². The number of hydrogen-bond donors (Lipinski definition) is 2. The minimum Gasteiger partial charge on any atom is -0.478 e. The van der Waals surface area contributed by atoms with Crippen LogP contribution < -0.4 is 10.2 Å². The van der Waals surface area contributed by atoms with E-state index in [1.165, 1.54) is 0 Å². The number of aryl methyl sites for hydroxylation is 1. The van der Waals surface area contributed by atoms with E-state index in [1.54, 1.807) is 12.1 Å². The van der Waals surface area contributed by atoms with E-state index in [0.29, 0.717) is 18.2 Å². The van der Waals surface area contributed by atoms with E-state index in [9.17, 15) is 19.5 Å². The molecule has 0 saturated carbocycles. The van der Waals surface area contributed by atoms with Crippen molar-refractivity contribution in [2.45, 2.75) is 37.6 Å². The van der Waals surface area contributed by atoms with Gasteiger partial charge in [0, 0.05) is 18.3 Å². The van der Waals surface area contributed by atoms with Crippen LogP contribution in [-0.4, -0.2) is 28.3 Å². The van der Waals surface area contributed by atoms with Crippen LogP contribution in [0.4, 0.5) is 10.5 Å². The van der Waals surface area contributed by atoms with Crippen LogP contribution in [0.1, 0.15) is 45.6 Å². The third-order valence-electron chi connectivity index (χ3n) is 5.33. The van der Waals surface area contributed by atoms with E-state index < -0.39 is 11.2 Å². The molecule has 2 aliphatic rings. The standard InChI is InChI=1S/C21H20N2O4S/c1-12-2-5-14-8-9-16(20(25)26)10-17(14)23(12)11-13-3-6-15(7-4-13)18-19(24)22-21(27)28-18/h3-4,6-10,12,18H,2,5,11H2,1H3,(H,25,26)(H,22,24,27). The van der Waals surface area contributed by atoms with Gasteiger partial charge in [0.25, 0.3) is 5.24 Å². The van der Waals surface area contributed by atoms with Crippen molar-refractivity contribution in [3.05, 3.63) is 64.7 Å². The van der Waals surface area contributed by atoms with Crippen LogP contribution in [0.3, 0.4) is 0 Å². The number of anilines is 1. The molecule has 0 aliphatic carbocycles. The number of thioether (sulfide) groups is 1. The lowest BCUT2D eigenvalue weighted by Crippen LogP contribution is -2.36. The molecule has 7 heteroatoms. The van der Waals surface area contributed by atoms with Crippen molar-refractivity contribution in [2.24, 2.45) is 0 Å². The van der Waals surface area contributed by atoms with Crippen molar-refractivity contribution in [3.8, 4) is 0 Å². The molecule has 0 spiro atoms. The Morgan fingerprint density at radius 3 is 2.61 bits per heavy atom. The fraction of sp³-hybridized carbons (Fsp3) is 0.286. The average Bonchev–Trinajstić information content (AvgIpc) is 3.02. The van der Waals surface area contributed by atoms with Crippen LogP contribution in [0.5, 0.6) is 0 Å². The number of nitrogens with zero attached hydrogens (tertiary/aromatic N) is 1. The second-order valence-electron chi connectivity index (χ2n) is 7.18. The summed E-state index contributed by atoms with van der Waals surface area (Å²) in [5, 5.41) is 10.8. The second kappa shape index (κ2) is 7.31. The largest absolute Gasteiger partial charge is 0.478 e. The maximum Gasteiger partial charge on any atom is 0.335 e. The second-order valence-corrected chi connectivity index (χ2v) is 8.26. The van der Waals surface area contributed by atoms with Crippen LogP contribution in [0.25, 0.3) is 0 Å². The molecule has 0 radical (unpaired) electrons. The van der Waals surface area contributed by atoms with Gasteiger partial charge in [-0.1, -0.05) is 30.3 Å². The Labute approximate surface area is 166 Å². The van der Waals surface area contributed by atoms with Crippen molar-refractivity contribution in [1.82, 2.24) is 5.32 Å². The molecule has 0 aromatic heterocycles. The lowest BCUT2D eigenvalue weighted by Gasteiger charge is -2.37. The molecular weight excluding hydrogens is 376 g/mol. The summed E-state index contributed by atoms with van der Waals surface area (Å²) >= 11 is 0.998. The normalized spacial score (nSPS) is 21.4. The summed E-state index contributed by atoms with van der Waals surface area (Å²) in [5.74, 6) is -1.20. The maximum absolute atomic E-state index is 11.8. The number of imide groups is 1. The van der Waals surface area contributed by atoms with Gasteiger partial charge in [-0.2, -0.15) is 0 Å². The summed E-state index contributed by atoms with van der Waals surface area (Å²) < 4.78 is 0. The number of carboxylic acids is 1. The first kappa shape index (κ1) is 18.6. The van der Waals surface area contributed by atoms with E-state index in [0.717, 1.165) is 47.0 Å². The number of rotatable bonds is 4. The molecule has 2 atom stereocenters. The summed E-state index contributed by atoms with van der Waals surface area (Å²) in [5.41, 5.74) is 4.30. The predicted molar refractivity (Wildman–Crippen MR) is 108 cm³/mol. The number of hydrogen-bond acceptors (Lipinski definition) is 5. The van der Waals surface area contributed by atoms with Crippen LogP contribution in [0.15, 0.2) is 42.5 Å². The fourth-order valence-corrected chi connectivity index (χ4v) is 4.58. The van der Waals surface area contributed by atoms with E-state index in [4.69, 9.17) is 0 Å². The van der Waals surface area contributed by atoms with Gasteiger partial charge in [-0.25, -0.2) is 4.79 Å². The Balaban J connectivity index is 1.57. The Kier molecular flexibility index (Phi) is 4.85. The Bertz CT molecular complexity index is 957. The number of carbonyl (C=O) groups is 3. The van der Waals surface area contributed by atoms with Crippen LogP contribution in [-0.2, 0) is 17.8 Å². The van der Waals surface area contributed by atoms with Crippen LogP contribution >= 0.6 is 11.8 Å². The first-order chi connectivity index (χ1) is 13.4. The summed E-state index contributed by atoms with van der Waals surface area (Å²) in [6.07, 6.45) is 1.95. The van der Waals surface area contributed by atoms with Crippen molar-refractivity contribution < 1.29 is 19.5 Å². The highest BCUT2D eigenvalue weighted by Crippen LogP contribution is 2.35. The number of benzene rings is 2. The third-order valence-corrected chi connectivity index (χ3v) is 6.37. The maximum atomic E-state index is 11.8. The van der Waals surface area contributed by atoms with Gasteiger partial charge in [0.2, 0.25) is 5.91 Å². The molecule has 1 saturated heterocycles. The average molecular weight is 396 g/mol. The smallest absolute Gasteiger partial charge is 0.335 e. The predicted octanol–water partition coefficient (Wildman–Crippen LogP) is 3.75. The topological polar surface area (TPSA) is 86.7 Å².